The van der Waals surface area contributed by atoms with Crippen molar-refractivity contribution in [1.82, 2.24) is 20.4 Å². The molecule has 2 rings (SSSR count). The van der Waals surface area contributed by atoms with E-state index in [9.17, 15) is 4.79 Å². The first-order chi connectivity index (χ1) is 10.8. The number of aromatic nitrogens is 2. The summed E-state index contributed by atoms with van der Waals surface area (Å²) in [6.07, 6.45) is 7.80. The fourth-order valence-electron chi connectivity index (χ4n) is 2.89. The van der Waals surface area contributed by atoms with E-state index in [4.69, 9.17) is 4.74 Å². The van der Waals surface area contributed by atoms with Gasteiger partial charge in [-0.3, -0.25) is 4.68 Å². The van der Waals surface area contributed by atoms with Crippen LogP contribution in [0.4, 0.5) is 4.79 Å². The third-order valence-electron chi connectivity index (χ3n) is 3.98. The van der Waals surface area contributed by atoms with E-state index < -0.39 is 5.60 Å². The number of ether oxygens (including phenoxy) is 1. The van der Waals surface area contributed by atoms with Gasteiger partial charge in [-0.25, -0.2) is 4.79 Å². The molecule has 0 atom stereocenters. The largest absolute Gasteiger partial charge is 0.444 e. The molecule has 0 spiro atoms. The highest BCUT2D eigenvalue weighted by molar-refractivity contribution is 5.68. The number of aryl methyl sites for hydroxylation is 1. The van der Waals surface area contributed by atoms with Gasteiger partial charge in [0.25, 0.3) is 0 Å². The van der Waals surface area contributed by atoms with Crippen LogP contribution in [-0.2, 0) is 11.3 Å². The molecular weight excluding hydrogens is 292 g/mol. The van der Waals surface area contributed by atoms with Crippen molar-refractivity contribution < 1.29 is 9.53 Å². The molecule has 0 unspecified atom stereocenters. The van der Waals surface area contributed by atoms with Gasteiger partial charge in [0, 0.05) is 24.8 Å². The highest BCUT2D eigenvalue weighted by atomic mass is 16.6. The number of nitrogens with zero attached hydrogens (tertiary/aromatic N) is 2. The smallest absolute Gasteiger partial charge is 0.407 e. The first kappa shape index (κ1) is 17.8. The molecule has 2 N–H and O–H groups in total. The molecule has 1 aromatic heterocycles. The Morgan fingerprint density at radius 2 is 1.96 bits per heavy atom. The van der Waals surface area contributed by atoms with E-state index in [1.807, 2.05) is 31.6 Å². The lowest BCUT2D eigenvalue weighted by atomic mass is 9.91. The number of hydrogen-bond donors (Lipinski definition) is 2. The summed E-state index contributed by atoms with van der Waals surface area (Å²) in [5.41, 5.74) is 0.756. The van der Waals surface area contributed by atoms with Gasteiger partial charge in [-0.2, -0.15) is 5.10 Å². The Bertz CT molecular complexity index is 499. The second-order valence-corrected chi connectivity index (χ2v) is 7.43. The number of amides is 1. The monoisotopic (exact) mass is 322 g/mol. The van der Waals surface area contributed by atoms with Crippen LogP contribution < -0.4 is 10.6 Å². The van der Waals surface area contributed by atoms with Gasteiger partial charge < -0.3 is 15.4 Å². The van der Waals surface area contributed by atoms with Crippen LogP contribution in [0.5, 0.6) is 0 Å². The molecule has 6 heteroatoms. The second kappa shape index (κ2) is 7.81. The van der Waals surface area contributed by atoms with Gasteiger partial charge in [0.05, 0.1) is 12.7 Å². The molecule has 23 heavy (non-hydrogen) atoms. The lowest BCUT2D eigenvalue weighted by Crippen LogP contribution is -2.44. The van der Waals surface area contributed by atoms with Crippen LogP contribution in [0.25, 0.3) is 0 Å². The quantitative estimate of drug-likeness (QED) is 0.874. The van der Waals surface area contributed by atoms with Gasteiger partial charge in [-0.1, -0.05) is 0 Å². The minimum absolute atomic E-state index is 0.233. The van der Waals surface area contributed by atoms with E-state index in [1.165, 1.54) is 5.56 Å². The van der Waals surface area contributed by atoms with E-state index in [2.05, 4.69) is 28.9 Å². The minimum atomic E-state index is -0.437. The number of alkyl carbamates (subject to hydrolysis) is 1. The summed E-state index contributed by atoms with van der Waals surface area (Å²) in [5.74, 6) is 0. The minimum Gasteiger partial charge on any atom is -0.444 e. The molecule has 0 radical (unpaired) electrons. The van der Waals surface area contributed by atoms with Crippen LogP contribution in [0, 0.1) is 6.92 Å². The van der Waals surface area contributed by atoms with Crippen LogP contribution in [0.15, 0.2) is 12.4 Å². The molecule has 0 saturated heterocycles. The van der Waals surface area contributed by atoms with Gasteiger partial charge in [0.2, 0.25) is 0 Å². The summed E-state index contributed by atoms with van der Waals surface area (Å²) in [7, 11) is 0. The van der Waals surface area contributed by atoms with Gasteiger partial charge in [-0.05, 0) is 58.9 Å². The molecule has 130 valence electrons. The predicted molar refractivity (Wildman–Crippen MR) is 90.4 cm³/mol. The zero-order valence-electron chi connectivity index (χ0n) is 14.8. The van der Waals surface area contributed by atoms with Gasteiger partial charge in [0.15, 0.2) is 0 Å². The summed E-state index contributed by atoms with van der Waals surface area (Å²) in [4.78, 5) is 11.8. The highest BCUT2D eigenvalue weighted by Gasteiger charge is 2.24. The summed E-state index contributed by atoms with van der Waals surface area (Å²) >= 11 is 0. The van der Waals surface area contributed by atoms with Crippen molar-refractivity contribution in [2.75, 3.05) is 6.54 Å². The Kier molecular flexibility index (Phi) is 6.04. The maximum Gasteiger partial charge on any atom is 0.407 e. The normalized spacial score (nSPS) is 21.9. The molecule has 1 aromatic rings. The maximum absolute atomic E-state index is 11.8. The number of carbonyl (C=O) groups is 1. The molecular formula is C17H30N4O2. The number of rotatable bonds is 5. The molecule has 6 nitrogen and oxygen atoms in total. The average molecular weight is 322 g/mol. The van der Waals surface area contributed by atoms with E-state index in [0.29, 0.717) is 6.04 Å². The van der Waals surface area contributed by atoms with Crippen LogP contribution in [0.3, 0.4) is 0 Å². The second-order valence-electron chi connectivity index (χ2n) is 7.43. The van der Waals surface area contributed by atoms with Crippen molar-refractivity contribution in [3.63, 3.8) is 0 Å². The Balaban J connectivity index is 1.61. The molecule has 1 aliphatic carbocycles. The maximum atomic E-state index is 11.8. The number of nitrogens with one attached hydrogen (secondary N) is 2. The molecule has 1 amide bonds. The lowest BCUT2D eigenvalue weighted by Gasteiger charge is -2.30. The fraction of sp³-hybridized carbons (Fsp3) is 0.765. The third-order valence-corrected chi connectivity index (χ3v) is 3.98. The van der Waals surface area contributed by atoms with E-state index in [-0.39, 0.29) is 12.1 Å². The van der Waals surface area contributed by atoms with Crippen LogP contribution >= 0.6 is 0 Å². The van der Waals surface area contributed by atoms with E-state index >= 15 is 0 Å². The molecule has 1 heterocycles. The zero-order valence-corrected chi connectivity index (χ0v) is 14.8. The van der Waals surface area contributed by atoms with Crippen molar-refractivity contribution in [1.29, 1.82) is 0 Å². The van der Waals surface area contributed by atoms with E-state index in [0.717, 1.165) is 38.8 Å². The van der Waals surface area contributed by atoms with E-state index in [1.54, 1.807) is 0 Å². The van der Waals surface area contributed by atoms with Crippen molar-refractivity contribution >= 4 is 6.09 Å². The van der Waals surface area contributed by atoms with Gasteiger partial charge in [-0.15, -0.1) is 0 Å². The highest BCUT2D eigenvalue weighted by Crippen LogP contribution is 2.19. The Hall–Kier alpha value is -1.56. The Labute approximate surface area is 139 Å². The summed E-state index contributed by atoms with van der Waals surface area (Å²) in [6, 6.07) is 0.764. The Morgan fingerprint density at radius 3 is 2.52 bits per heavy atom. The summed E-state index contributed by atoms with van der Waals surface area (Å²) < 4.78 is 7.28. The van der Waals surface area contributed by atoms with Crippen LogP contribution in [0.1, 0.15) is 52.0 Å². The van der Waals surface area contributed by atoms with Gasteiger partial charge in [0.1, 0.15) is 5.60 Å². The molecule has 1 aliphatic rings. The zero-order chi connectivity index (χ0) is 16.9. The molecule has 0 aliphatic heterocycles. The predicted octanol–water partition coefficient (Wildman–Crippen LogP) is 2.62. The van der Waals surface area contributed by atoms with Crippen LogP contribution in [0.2, 0.25) is 0 Å². The van der Waals surface area contributed by atoms with Crippen molar-refractivity contribution in [2.45, 2.75) is 77.6 Å². The third kappa shape index (κ3) is 6.60. The van der Waals surface area contributed by atoms with Crippen molar-refractivity contribution in [3.05, 3.63) is 18.0 Å². The summed E-state index contributed by atoms with van der Waals surface area (Å²) in [5, 5.41) is 10.9. The molecule has 1 fully saturated rings. The average Bonchev–Trinajstić information content (AvgIpc) is 2.84. The standard InChI is InChI=1S/C17H30N4O2/c1-13-11-19-21(12-13)10-9-18-14-5-7-15(8-6-14)20-16(22)23-17(2,3)4/h11-12,14-15,18H,5-10H2,1-4H3,(H,20,22). The molecule has 0 aromatic carbocycles. The number of hydrogen-bond acceptors (Lipinski definition) is 4. The fourth-order valence-corrected chi connectivity index (χ4v) is 2.89. The number of carbonyl (C=O) groups excluding carboxylic acids is 1. The topological polar surface area (TPSA) is 68.2 Å². The SMILES string of the molecule is Cc1cnn(CCNC2CCC(NC(=O)OC(C)(C)C)CC2)c1. The molecule has 1 saturated carbocycles. The van der Waals surface area contributed by atoms with Gasteiger partial charge >= 0.3 is 6.09 Å². The van der Waals surface area contributed by atoms with Crippen LogP contribution in [-0.4, -0.2) is 40.1 Å². The molecule has 0 bridgehead atoms. The van der Waals surface area contributed by atoms with Crippen molar-refractivity contribution in [2.24, 2.45) is 0 Å². The first-order valence-electron chi connectivity index (χ1n) is 8.54. The Morgan fingerprint density at radius 1 is 1.30 bits per heavy atom. The first-order valence-corrected chi connectivity index (χ1v) is 8.54. The lowest BCUT2D eigenvalue weighted by molar-refractivity contribution is 0.0489. The van der Waals surface area contributed by atoms with Crippen molar-refractivity contribution in [3.8, 4) is 0 Å². The summed E-state index contributed by atoms with van der Waals surface area (Å²) in [6.45, 7) is 9.52.